The standard InChI is InChI=1S/C18H32O14/c19-3-6-1-7(22)12(24)18(28-6)32-15-8(23)2-11(29-9(15)4-20)31-16-10(5-21)30-17(27)14(26)13(16)25/h6-27H,1-5H2/t6-,7?,8?,9?,10+,11+,12?,13?,14?,15+,16-,17-,18+/m1/s1. The summed E-state index contributed by atoms with van der Waals surface area (Å²) in [4.78, 5) is 0. The summed E-state index contributed by atoms with van der Waals surface area (Å²) in [5.41, 5.74) is 0. The van der Waals surface area contributed by atoms with Gasteiger partial charge in [-0.3, -0.25) is 0 Å². The number of hydrogen-bond donors (Lipinski definition) is 9. The summed E-state index contributed by atoms with van der Waals surface area (Å²) in [6.07, 6.45) is -17.7. The lowest BCUT2D eigenvalue weighted by atomic mass is 9.97. The van der Waals surface area contributed by atoms with Crippen LogP contribution in [-0.4, -0.2) is 146 Å². The average molecular weight is 472 g/mol. The predicted molar refractivity (Wildman–Crippen MR) is 98.5 cm³/mol. The van der Waals surface area contributed by atoms with Gasteiger partial charge >= 0.3 is 0 Å². The van der Waals surface area contributed by atoms with E-state index in [1.165, 1.54) is 0 Å². The smallest absolute Gasteiger partial charge is 0.186 e. The van der Waals surface area contributed by atoms with Gasteiger partial charge in [0, 0.05) is 12.8 Å². The molecule has 9 N–H and O–H groups in total. The Balaban J connectivity index is 1.65. The van der Waals surface area contributed by atoms with E-state index in [0.29, 0.717) is 0 Å². The number of ether oxygens (including phenoxy) is 5. The van der Waals surface area contributed by atoms with Gasteiger partial charge in [0.2, 0.25) is 0 Å². The van der Waals surface area contributed by atoms with Gasteiger partial charge in [-0.2, -0.15) is 0 Å². The lowest BCUT2D eigenvalue weighted by molar-refractivity contribution is -0.354. The molecule has 188 valence electrons. The summed E-state index contributed by atoms with van der Waals surface area (Å²) >= 11 is 0. The third-order valence-electron chi connectivity index (χ3n) is 5.83. The molecule has 0 aromatic rings. The lowest BCUT2D eigenvalue weighted by Crippen LogP contribution is -2.62. The third kappa shape index (κ3) is 5.56. The van der Waals surface area contributed by atoms with Crippen molar-refractivity contribution in [2.24, 2.45) is 0 Å². The maximum atomic E-state index is 10.6. The minimum atomic E-state index is -1.73. The molecular formula is C18H32O14. The molecule has 13 atom stereocenters. The maximum absolute atomic E-state index is 10.6. The minimum absolute atomic E-state index is 0.0149. The molecule has 0 amide bonds. The van der Waals surface area contributed by atoms with Gasteiger partial charge in [0.05, 0.1) is 38.1 Å². The third-order valence-corrected chi connectivity index (χ3v) is 5.83. The van der Waals surface area contributed by atoms with Crippen LogP contribution in [0.3, 0.4) is 0 Å². The summed E-state index contributed by atoms with van der Waals surface area (Å²) in [6, 6.07) is 0. The van der Waals surface area contributed by atoms with Crippen molar-refractivity contribution >= 4 is 0 Å². The Morgan fingerprint density at radius 2 is 1.28 bits per heavy atom. The molecule has 3 heterocycles. The molecule has 32 heavy (non-hydrogen) atoms. The van der Waals surface area contributed by atoms with Gasteiger partial charge in [0.1, 0.15) is 42.7 Å². The van der Waals surface area contributed by atoms with Crippen molar-refractivity contribution in [3.05, 3.63) is 0 Å². The van der Waals surface area contributed by atoms with E-state index in [1.54, 1.807) is 0 Å². The van der Waals surface area contributed by atoms with Crippen molar-refractivity contribution in [3.8, 4) is 0 Å². The summed E-state index contributed by atoms with van der Waals surface area (Å²) in [5, 5.41) is 88.6. The van der Waals surface area contributed by atoms with Crippen molar-refractivity contribution in [3.63, 3.8) is 0 Å². The van der Waals surface area contributed by atoms with E-state index in [1.807, 2.05) is 0 Å². The van der Waals surface area contributed by atoms with Crippen LogP contribution in [0.15, 0.2) is 0 Å². The second kappa shape index (κ2) is 11.2. The highest BCUT2D eigenvalue weighted by Crippen LogP contribution is 2.31. The molecule has 0 aromatic heterocycles. The van der Waals surface area contributed by atoms with Crippen molar-refractivity contribution in [1.29, 1.82) is 0 Å². The van der Waals surface area contributed by atoms with E-state index >= 15 is 0 Å². The molecule has 3 rings (SSSR count). The predicted octanol–water partition coefficient (Wildman–Crippen LogP) is -5.51. The zero-order valence-electron chi connectivity index (χ0n) is 17.1. The molecule has 0 aliphatic carbocycles. The first-order valence-corrected chi connectivity index (χ1v) is 10.4. The van der Waals surface area contributed by atoms with Crippen LogP contribution in [-0.2, 0) is 23.7 Å². The first-order valence-electron chi connectivity index (χ1n) is 10.4. The largest absolute Gasteiger partial charge is 0.394 e. The number of aliphatic hydroxyl groups excluding tert-OH is 9. The number of rotatable bonds is 7. The topological polar surface area (TPSA) is 228 Å². The molecule has 0 spiro atoms. The van der Waals surface area contributed by atoms with Gasteiger partial charge in [-0.1, -0.05) is 0 Å². The van der Waals surface area contributed by atoms with Crippen molar-refractivity contribution < 1.29 is 69.6 Å². The highest BCUT2D eigenvalue weighted by atomic mass is 16.7. The molecule has 3 aliphatic heterocycles. The monoisotopic (exact) mass is 472 g/mol. The summed E-state index contributed by atoms with van der Waals surface area (Å²) in [5.74, 6) is 0. The Bertz CT molecular complexity index is 580. The van der Waals surface area contributed by atoms with Gasteiger partial charge in [-0.05, 0) is 0 Å². The first-order chi connectivity index (χ1) is 15.2. The molecule has 0 saturated carbocycles. The Labute approximate surface area is 183 Å². The van der Waals surface area contributed by atoms with Gasteiger partial charge in [-0.15, -0.1) is 0 Å². The van der Waals surface area contributed by atoms with E-state index in [2.05, 4.69) is 0 Å². The van der Waals surface area contributed by atoms with Gasteiger partial charge in [0.15, 0.2) is 18.9 Å². The Kier molecular flexibility index (Phi) is 9.15. The zero-order chi connectivity index (χ0) is 23.6. The van der Waals surface area contributed by atoms with Crippen LogP contribution in [0.1, 0.15) is 12.8 Å². The molecule has 3 fully saturated rings. The molecule has 3 saturated heterocycles. The SMILES string of the molecule is OCC1O[C@@H](O[C@H]2C(O)C(O)[C@H](O)O[C@H]2CO)CC(O)[C@@H]1O[C@@H]1O[C@@H](CO)CC(O)C1O. The summed E-state index contributed by atoms with van der Waals surface area (Å²) in [6.45, 7) is -1.73. The lowest BCUT2D eigenvalue weighted by Gasteiger charge is -2.45. The van der Waals surface area contributed by atoms with Crippen LogP contribution in [0.2, 0.25) is 0 Å². The van der Waals surface area contributed by atoms with E-state index in [0.717, 1.165) is 0 Å². The van der Waals surface area contributed by atoms with Crippen LogP contribution in [0.25, 0.3) is 0 Å². The Hall–Kier alpha value is -0.560. The van der Waals surface area contributed by atoms with Gasteiger partial charge in [0.25, 0.3) is 0 Å². The average Bonchev–Trinajstić information content (AvgIpc) is 2.78. The second-order valence-corrected chi connectivity index (χ2v) is 8.12. The first kappa shape index (κ1) is 26.1. The normalized spacial score (nSPS) is 50.3. The fourth-order valence-corrected chi connectivity index (χ4v) is 4.03. The molecule has 3 aliphatic rings. The number of hydrogen-bond acceptors (Lipinski definition) is 14. The molecule has 6 unspecified atom stereocenters. The van der Waals surface area contributed by atoms with Gasteiger partial charge in [-0.25, -0.2) is 0 Å². The Morgan fingerprint density at radius 1 is 0.625 bits per heavy atom. The molecule has 0 aromatic carbocycles. The number of aliphatic hydroxyl groups is 9. The van der Waals surface area contributed by atoms with Crippen LogP contribution in [0.5, 0.6) is 0 Å². The van der Waals surface area contributed by atoms with Crippen molar-refractivity contribution in [2.75, 3.05) is 19.8 Å². The molecular weight excluding hydrogens is 440 g/mol. The minimum Gasteiger partial charge on any atom is -0.394 e. The van der Waals surface area contributed by atoms with Crippen molar-refractivity contribution in [2.45, 2.75) is 92.8 Å². The Morgan fingerprint density at radius 3 is 1.91 bits per heavy atom. The fraction of sp³-hybridized carbons (Fsp3) is 1.00. The van der Waals surface area contributed by atoms with Gasteiger partial charge < -0.3 is 69.6 Å². The van der Waals surface area contributed by atoms with Crippen molar-refractivity contribution in [1.82, 2.24) is 0 Å². The van der Waals surface area contributed by atoms with Crippen LogP contribution < -0.4 is 0 Å². The van der Waals surface area contributed by atoms with E-state index in [9.17, 15) is 46.0 Å². The molecule has 14 heteroatoms. The highest BCUT2D eigenvalue weighted by molar-refractivity contribution is 4.92. The molecule has 0 radical (unpaired) electrons. The maximum Gasteiger partial charge on any atom is 0.186 e. The second-order valence-electron chi connectivity index (χ2n) is 8.12. The summed E-state index contributed by atoms with van der Waals surface area (Å²) in [7, 11) is 0. The summed E-state index contributed by atoms with van der Waals surface area (Å²) < 4.78 is 27.1. The quantitative estimate of drug-likeness (QED) is 0.168. The fourth-order valence-electron chi connectivity index (χ4n) is 4.03. The van der Waals surface area contributed by atoms with Crippen LogP contribution in [0.4, 0.5) is 0 Å². The van der Waals surface area contributed by atoms with E-state index in [-0.39, 0.29) is 12.8 Å². The van der Waals surface area contributed by atoms with Crippen LogP contribution >= 0.6 is 0 Å². The zero-order valence-corrected chi connectivity index (χ0v) is 17.1. The molecule has 14 nitrogen and oxygen atoms in total. The highest BCUT2D eigenvalue weighted by Gasteiger charge is 2.49. The van der Waals surface area contributed by atoms with Crippen LogP contribution in [0, 0.1) is 0 Å². The molecule has 0 bridgehead atoms. The van der Waals surface area contributed by atoms with E-state index in [4.69, 9.17) is 23.7 Å². The van der Waals surface area contributed by atoms with E-state index < -0.39 is 99.7 Å².